The van der Waals surface area contributed by atoms with Crippen molar-refractivity contribution in [1.29, 1.82) is 0 Å². The molecule has 0 atom stereocenters. The van der Waals surface area contributed by atoms with Crippen LogP contribution in [0, 0.1) is 0 Å². The van der Waals surface area contributed by atoms with E-state index in [1.807, 2.05) is 13.0 Å². The van der Waals surface area contributed by atoms with Crippen molar-refractivity contribution in [3.8, 4) is 0 Å². The summed E-state index contributed by atoms with van der Waals surface area (Å²) in [7, 11) is -3.62. The highest BCUT2D eigenvalue weighted by molar-refractivity contribution is 7.92. The second kappa shape index (κ2) is 7.10. The quantitative estimate of drug-likeness (QED) is 0.663. The number of sulfonamides is 1. The SMILES string of the molecule is CCNCc1cccc(NS(=O)(=O)CCC(=O)O)c1. The molecule has 0 aromatic heterocycles. The molecule has 0 fully saturated rings. The van der Waals surface area contributed by atoms with Crippen molar-refractivity contribution in [1.82, 2.24) is 5.32 Å². The van der Waals surface area contributed by atoms with Crippen molar-refractivity contribution in [2.24, 2.45) is 0 Å². The van der Waals surface area contributed by atoms with E-state index in [1.165, 1.54) is 0 Å². The van der Waals surface area contributed by atoms with Crippen LogP contribution in [0.2, 0.25) is 0 Å². The van der Waals surface area contributed by atoms with Crippen LogP contribution in [0.15, 0.2) is 24.3 Å². The molecule has 0 saturated carbocycles. The van der Waals surface area contributed by atoms with Crippen LogP contribution in [0.3, 0.4) is 0 Å². The normalized spacial score (nSPS) is 11.2. The molecule has 1 aromatic carbocycles. The monoisotopic (exact) mass is 286 g/mol. The molecule has 7 heteroatoms. The van der Waals surface area contributed by atoms with E-state index in [1.54, 1.807) is 18.2 Å². The Morgan fingerprint density at radius 2 is 2.11 bits per heavy atom. The first-order chi connectivity index (χ1) is 8.93. The molecule has 0 amide bonds. The van der Waals surface area contributed by atoms with E-state index >= 15 is 0 Å². The van der Waals surface area contributed by atoms with Gasteiger partial charge in [-0.3, -0.25) is 9.52 Å². The van der Waals surface area contributed by atoms with Crippen molar-refractivity contribution in [2.75, 3.05) is 17.0 Å². The van der Waals surface area contributed by atoms with Gasteiger partial charge in [0.1, 0.15) is 0 Å². The highest BCUT2D eigenvalue weighted by atomic mass is 32.2. The lowest BCUT2D eigenvalue weighted by Gasteiger charge is -2.09. The third kappa shape index (κ3) is 6.21. The van der Waals surface area contributed by atoms with E-state index in [4.69, 9.17) is 5.11 Å². The first-order valence-electron chi connectivity index (χ1n) is 5.95. The third-order valence-corrected chi connectivity index (χ3v) is 3.65. The smallest absolute Gasteiger partial charge is 0.304 e. The van der Waals surface area contributed by atoms with E-state index in [0.717, 1.165) is 12.1 Å². The Hall–Kier alpha value is -1.60. The Morgan fingerprint density at radius 3 is 2.74 bits per heavy atom. The van der Waals surface area contributed by atoms with E-state index in [9.17, 15) is 13.2 Å². The maximum Gasteiger partial charge on any atom is 0.304 e. The molecule has 0 aliphatic heterocycles. The third-order valence-electron chi connectivity index (χ3n) is 2.36. The fourth-order valence-electron chi connectivity index (χ4n) is 1.47. The minimum Gasteiger partial charge on any atom is -0.481 e. The van der Waals surface area contributed by atoms with Crippen molar-refractivity contribution in [2.45, 2.75) is 19.9 Å². The molecule has 19 heavy (non-hydrogen) atoms. The molecule has 0 aliphatic rings. The second-order valence-electron chi connectivity index (χ2n) is 4.05. The maximum absolute atomic E-state index is 11.6. The van der Waals surface area contributed by atoms with Crippen LogP contribution >= 0.6 is 0 Å². The molecule has 1 rings (SSSR count). The molecule has 0 heterocycles. The Kier molecular flexibility index (Phi) is 5.78. The van der Waals surface area contributed by atoms with Crippen LogP contribution < -0.4 is 10.0 Å². The number of carbonyl (C=O) groups is 1. The van der Waals surface area contributed by atoms with Gasteiger partial charge in [-0.25, -0.2) is 8.42 Å². The first kappa shape index (κ1) is 15.5. The van der Waals surface area contributed by atoms with Gasteiger partial charge >= 0.3 is 5.97 Å². The summed E-state index contributed by atoms with van der Waals surface area (Å²) in [4.78, 5) is 10.4. The average molecular weight is 286 g/mol. The molecule has 1 aromatic rings. The fraction of sp³-hybridized carbons (Fsp3) is 0.417. The topological polar surface area (TPSA) is 95.5 Å². The largest absolute Gasteiger partial charge is 0.481 e. The summed E-state index contributed by atoms with van der Waals surface area (Å²) in [5, 5.41) is 11.6. The number of rotatable bonds is 8. The van der Waals surface area contributed by atoms with E-state index < -0.39 is 28.2 Å². The number of aliphatic carboxylic acids is 1. The summed E-state index contributed by atoms with van der Waals surface area (Å²) in [5.41, 5.74) is 1.40. The number of carboxylic acids is 1. The average Bonchev–Trinajstić information content (AvgIpc) is 2.34. The molecule has 0 aliphatic carbocycles. The molecule has 106 valence electrons. The molecule has 0 bridgehead atoms. The summed E-state index contributed by atoms with van der Waals surface area (Å²) in [6.45, 7) is 3.47. The highest BCUT2D eigenvalue weighted by Crippen LogP contribution is 2.12. The second-order valence-corrected chi connectivity index (χ2v) is 5.89. The molecular formula is C12H18N2O4S. The lowest BCUT2D eigenvalue weighted by Crippen LogP contribution is -2.19. The Labute approximate surface area is 112 Å². The number of carboxylic acid groups (broad SMARTS) is 1. The first-order valence-corrected chi connectivity index (χ1v) is 7.60. The van der Waals surface area contributed by atoms with Crippen LogP contribution in [0.4, 0.5) is 5.69 Å². The van der Waals surface area contributed by atoms with Gasteiger partial charge in [0, 0.05) is 12.2 Å². The maximum atomic E-state index is 11.6. The van der Waals surface area contributed by atoms with Crippen molar-refractivity contribution in [3.05, 3.63) is 29.8 Å². The van der Waals surface area contributed by atoms with Gasteiger partial charge in [0.15, 0.2) is 0 Å². The fourth-order valence-corrected chi connectivity index (χ4v) is 2.50. The van der Waals surface area contributed by atoms with E-state index in [-0.39, 0.29) is 0 Å². The molecule has 0 saturated heterocycles. The number of hydrogen-bond donors (Lipinski definition) is 3. The van der Waals surface area contributed by atoms with Gasteiger partial charge < -0.3 is 10.4 Å². The number of hydrogen-bond acceptors (Lipinski definition) is 4. The molecule has 0 unspecified atom stereocenters. The zero-order valence-electron chi connectivity index (χ0n) is 10.7. The van der Waals surface area contributed by atoms with Gasteiger partial charge in [-0.15, -0.1) is 0 Å². The van der Waals surface area contributed by atoms with Crippen molar-refractivity contribution in [3.63, 3.8) is 0 Å². The number of nitrogens with one attached hydrogen (secondary N) is 2. The molecule has 6 nitrogen and oxygen atoms in total. The predicted molar refractivity (Wildman–Crippen MR) is 73.5 cm³/mol. The zero-order chi connectivity index (χ0) is 14.3. The van der Waals surface area contributed by atoms with Crippen molar-refractivity contribution < 1.29 is 18.3 Å². The molecule has 0 radical (unpaired) electrons. The van der Waals surface area contributed by atoms with Crippen LogP contribution in [-0.2, 0) is 21.4 Å². The van der Waals surface area contributed by atoms with Gasteiger partial charge in [-0.05, 0) is 24.2 Å². The minimum atomic E-state index is -3.62. The summed E-state index contributed by atoms with van der Waals surface area (Å²) >= 11 is 0. The van der Waals surface area contributed by atoms with Crippen molar-refractivity contribution >= 4 is 21.7 Å². The van der Waals surface area contributed by atoms with Gasteiger partial charge in [-0.1, -0.05) is 19.1 Å². The summed E-state index contributed by atoms with van der Waals surface area (Å²) in [6, 6.07) is 6.99. The molecular weight excluding hydrogens is 268 g/mol. The van der Waals surface area contributed by atoms with Crippen LogP contribution in [-0.4, -0.2) is 31.8 Å². The van der Waals surface area contributed by atoms with Crippen LogP contribution in [0.1, 0.15) is 18.9 Å². The van der Waals surface area contributed by atoms with Crippen LogP contribution in [0.25, 0.3) is 0 Å². The summed E-state index contributed by atoms with van der Waals surface area (Å²) in [5.74, 6) is -1.56. The molecule has 3 N–H and O–H groups in total. The van der Waals surface area contributed by atoms with E-state index in [0.29, 0.717) is 12.2 Å². The number of benzene rings is 1. The van der Waals surface area contributed by atoms with Gasteiger partial charge in [0.2, 0.25) is 10.0 Å². The van der Waals surface area contributed by atoms with Gasteiger partial charge in [-0.2, -0.15) is 0 Å². The van der Waals surface area contributed by atoms with E-state index in [2.05, 4.69) is 10.0 Å². The summed E-state index contributed by atoms with van der Waals surface area (Å²) < 4.78 is 25.7. The zero-order valence-corrected chi connectivity index (χ0v) is 11.5. The highest BCUT2D eigenvalue weighted by Gasteiger charge is 2.12. The minimum absolute atomic E-state index is 0.410. The predicted octanol–water partition coefficient (Wildman–Crippen LogP) is 1.01. The molecule has 0 spiro atoms. The lowest BCUT2D eigenvalue weighted by atomic mass is 10.2. The standard InChI is InChI=1S/C12H18N2O4S/c1-2-13-9-10-4-3-5-11(8-10)14-19(17,18)7-6-12(15)16/h3-5,8,13-14H,2,6-7,9H2,1H3,(H,15,16). The van der Waals surface area contributed by atoms with Gasteiger partial charge in [0.05, 0.1) is 12.2 Å². The Balaban J connectivity index is 2.68. The van der Waals surface area contributed by atoms with Crippen LogP contribution in [0.5, 0.6) is 0 Å². The lowest BCUT2D eigenvalue weighted by molar-refractivity contribution is -0.136. The summed E-state index contributed by atoms with van der Waals surface area (Å²) in [6.07, 6.45) is -0.410. The number of anilines is 1. The van der Waals surface area contributed by atoms with Gasteiger partial charge in [0.25, 0.3) is 0 Å². The Bertz CT molecular complexity index is 528. The Morgan fingerprint density at radius 1 is 1.37 bits per heavy atom.